The Labute approximate surface area is 103 Å². The lowest BCUT2D eigenvalue weighted by Gasteiger charge is -1.97. The zero-order valence-corrected chi connectivity index (χ0v) is 10.0. The fourth-order valence-electron chi connectivity index (χ4n) is 1.48. The number of carboxylic acid groups (broad SMARTS) is 1. The Kier molecular flexibility index (Phi) is 3.51. The maximum atomic E-state index is 11.1. The molecule has 0 atom stereocenters. The number of ether oxygens (including phenoxy) is 1. The van der Waals surface area contributed by atoms with E-state index in [1.165, 1.54) is 11.3 Å². The van der Waals surface area contributed by atoms with Gasteiger partial charge in [-0.3, -0.25) is 0 Å². The van der Waals surface area contributed by atoms with E-state index in [1.54, 1.807) is 7.11 Å². The van der Waals surface area contributed by atoms with Crippen molar-refractivity contribution < 1.29 is 14.6 Å². The number of benzene rings is 1. The SMILES string of the molecule is COCc1nc(C(=O)O)c(-c2ccccc2)s1. The summed E-state index contributed by atoms with van der Waals surface area (Å²) in [7, 11) is 1.56. The number of nitrogens with zero attached hydrogens (tertiary/aromatic N) is 1. The molecule has 0 saturated heterocycles. The van der Waals surface area contributed by atoms with E-state index in [0.29, 0.717) is 16.5 Å². The van der Waals surface area contributed by atoms with Crippen LogP contribution >= 0.6 is 11.3 Å². The minimum absolute atomic E-state index is 0.0910. The Morgan fingerprint density at radius 1 is 1.41 bits per heavy atom. The third kappa shape index (κ3) is 2.51. The molecule has 0 amide bonds. The number of aromatic nitrogens is 1. The average Bonchev–Trinajstić information content (AvgIpc) is 2.75. The predicted octanol–water partition coefficient (Wildman–Crippen LogP) is 2.65. The third-order valence-electron chi connectivity index (χ3n) is 2.18. The van der Waals surface area contributed by atoms with Gasteiger partial charge in [-0.15, -0.1) is 11.3 Å². The molecule has 0 aliphatic heterocycles. The quantitative estimate of drug-likeness (QED) is 0.905. The van der Waals surface area contributed by atoms with Crippen molar-refractivity contribution in [1.29, 1.82) is 0 Å². The first-order chi connectivity index (χ1) is 8.22. The zero-order chi connectivity index (χ0) is 12.3. The van der Waals surface area contributed by atoms with Crippen molar-refractivity contribution in [2.75, 3.05) is 7.11 Å². The van der Waals surface area contributed by atoms with Crippen LogP contribution < -0.4 is 0 Å². The number of carbonyl (C=O) groups is 1. The van der Waals surface area contributed by atoms with Crippen LogP contribution in [0.15, 0.2) is 30.3 Å². The summed E-state index contributed by atoms with van der Waals surface area (Å²) in [5, 5.41) is 9.78. The highest BCUT2D eigenvalue weighted by atomic mass is 32.1. The van der Waals surface area contributed by atoms with E-state index < -0.39 is 5.97 Å². The lowest BCUT2D eigenvalue weighted by atomic mass is 10.1. The van der Waals surface area contributed by atoms with Crippen LogP contribution in [-0.4, -0.2) is 23.2 Å². The molecule has 0 radical (unpaired) electrons. The molecule has 0 saturated carbocycles. The molecule has 1 heterocycles. The van der Waals surface area contributed by atoms with E-state index in [9.17, 15) is 4.79 Å². The van der Waals surface area contributed by atoms with Crippen molar-refractivity contribution in [1.82, 2.24) is 4.98 Å². The van der Waals surface area contributed by atoms with Gasteiger partial charge in [0.2, 0.25) is 0 Å². The number of thiazole rings is 1. The summed E-state index contributed by atoms with van der Waals surface area (Å²) in [5.41, 5.74) is 0.956. The Morgan fingerprint density at radius 2 is 2.12 bits per heavy atom. The summed E-state index contributed by atoms with van der Waals surface area (Å²) < 4.78 is 4.97. The average molecular weight is 249 g/mol. The van der Waals surface area contributed by atoms with Crippen LogP contribution in [-0.2, 0) is 11.3 Å². The molecule has 1 aromatic heterocycles. The number of aromatic carboxylic acids is 1. The first-order valence-electron chi connectivity index (χ1n) is 4.99. The summed E-state index contributed by atoms with van der Waals surface area (Å²) in [6.45, 7) is 0.331. The van der Waals surface area contributed by atoms with Crippen molar-refractivity contribution in [3.8, 4) is 10.4 Å². The molecule has 0 unspecified atom stereocenters. The van der Waals surface area contributed by atoms with Crippen LogP contribution in [0.3, 0.4) is 0 Å². The van der Waals surface area contributed by atoms with Crippen molar-refractivity contribution in [3.63, 3.8) is 0 Å². The molecule has 2 aromatic rings. The summed E-state index contributed by atoms with van der Waals surface area (Å²) in [5.74, 6) is -1.01. The van der Waals surface area contributed by atoms with Gasteiger partial charge in [0.15, 0.2) is 5.69 Å². The van der Waals surface area contributed by atoms with Gasteiger partial charge in [-0.1, -0.05) is 30.3 Å². The van der Waals surface area contributed by atoms with Crippen molar-refractivity contribution >= 4 is 17.3 Å². The molecular weight excluding hydrogens is 238 g/mol. The van der Waals surface area contributed by atoms with E-state index >= 15 is 0 Å². The number of hydrogen-bond acceptors (Lipinski definition) is 4. The number of hydrogen-bond donors (Lipinski definition) is 1. The fraction of sp³-hybridized carbons (Fsp3) is 0.167. The number of methoxy groups -OCH3 is 1. The van der Waals surface area contributed by atoms with E-state index in [-0.39, 0.29) is 5.69 Å². The molecule has 1 aromatic carbocycles. The largest absolute Gasteiger partial charge is 0.476 e. The van der Waals surface area contributed by atoms with Crippen LogP contribution in [0.1, 0.15) is 15.5 Å². The second kappa shape index (κ2) is 5.07. The molecule has 2 rings (SSSR count). The van der Waals surface area contributed by atoms with Gasteiger partial charge in [0.05, 0.1) is 11.5 Å². The van der Waals surface area contributed by atoms with Gasteiger partial charge in [0.1, 0.15) is 5.01 Å². The predicted molar refractivity (Wildman–Crippen MR) is 65.2 cm³/mol. The van der Waals surface area contributed by atoms with Gasteiger partial charge in [-0.25, -0.2) is 9.78 Å². The van der Waals surface area contributed by atoms with Crippen LogP contribution in [0, 0.1) is 0 Å². The molecule has 1 N–H and O–H groups in total. The van der Waals surface area contributed by atoms with Crippen LogP contribution in [0.25, 0.3) is 10.4 Å². The Hall–Kier alpha value is -1.72. The van der Waals surface area contributed by atoms with E-state index in [2.05, 4.69) is 4.98 Å². The number of carboxylic acids is 1. The molecule has 4 nitrogen and oxygen atoms in total. The first-order valence-corrected chi connectivity index (χ1v) is 5.81. The van der Waals surface area contributed by atoms with Crippen LogP contribution in [0.2, 0.25) is 0 Å². The lowest BCUT2D eigenvalue weighted by Crippen LogP contribution is -1.99. The lowest BCUT2D eigenvalue weighted by molar-refractivity contribution is 0.0691. The maximum Gasteiger partial charge on any atom is 0.356 e. The molecular formula is C12H11NO3S. The molecule has 88 valence electrons. The van der Waals surface area contributed by atoms with Gasteiger partial charge >= 0.3 is 5.97 Å². The maximum absolute atomic E-state index is 11.1. The van der Waals surface area contributed by atoms with Gasteiger partial charge < -0.3 is 9.84 Å². The summed E-state index contributed by atoms with van der Waals surface area (Å²) in [6.07, 6.45) is 0. The third-order valence-corrected chi connectivity index (χ3v) is 3.26. The highest BCUT2D eigenvalue weighted by molar-refractivity contribution is 7.15. The molecule has 5 heteroatoms. The fourth-order valence-corrected chi connectivity index (χ4v) is 2.51. The molecule has 0 aliphatic rings. The van der Waals surface area contributed by atoms with E-state index in [0.717, 1.165) is 5.56 Å². The monoisotopic (exact) mass is 249 g/mol. The Bertz CT molecular complexity index is 522. The van der Waals surface area contributed by atoms with Gasteiger partial charge in [-0.05, 0) is 5.56 Å². The molecule has 17 heavy (non-hydrogen) atoms. The summed E-state index contributed by atoms with van der Waals surface area (Å²) in [4.78, 5) is 15.9. The van der Waals surface area contributed by atoms with Crippen molar-refractivity contribution in [3.05, 3.63) is 41.0 Å². The van der Waals surface area contributed by atoms with E-state index in [4.69, 9.17) is 9.84 Å². The molecule has 0 spiro atoms. The highest BCUT2D eigenvalue weighted by Crippen LogP contribution is 2.30. The highest BCUT2D eigenvalue weighted by Gasteiger charge is 2.18. The number of rotatable bonds is 4. The van der Waals surface area contributed by atoms with E-state index in [1.807, 2.05) is 30.3 Å². The van der Waals surface area contributed by atoms with Crippen molar-refractivity contribution in [2.45, 2.75) is 6.61 Å². The van der Waals surface area contributed by atoms with Crippen molar-refractivity contribution in [2.24, 2.45) is 0 Å². The topological polar surface area (TPSA) is 59.4 Å². The van der Waals surface area contributed by atoms with Gasteiger partial charge in [0.25, 0.3) is 0 Å². The second-order valence-electron chi connectivity index (χ2n) is 3.39. The van der Waals surface area contributed by atoms with Gasteiger partial charge in [0, 0.05) is 7.11 Å². The molecule has 0 aliphatic carbocycles. The molecule has 0 fully saturated rings. The summed E-state index contributed by atoms with van der Waals surface area (Å²) in [6, 6.07) is 9.38. The van der Waals surface area contributed by atoms with Crippen LogP contribution in [0.5, 0.6) is 0 Å². The Morgan fingerprint density at radius 3 is 2.71 bits per heavy atom. The summed E-state index contributed by atoms with van der Waals surface area (Å²) >= 11 is 1.35. The minimum atomic E-state index is -1.01. The zero-order valence-electron chi connectivity index (χ0n) is 9.21. The van der Waals surface area contributed by atoms with Gasteiger partial charge in [-0.2, -0.15) is 0 Å². The normalized spacial score (nSPS) is 10.4. The smallest absolute Gasteiger partial charge is 0.356 e. The second-order valence-corrected chi connectivity index (χ2v) is 4.47. The first kappa shape index (κ1) is 11.8. The van der Waals surface area contributed by atoms with Crippen LogP contribution in [0.4, 0.5) is 0 Å². The molecule has 0 bridgehead atoms. The minimum Gasteiger partial charge on any atom is -0.476 e. The Balaban J connectivity index is 2.48. The standard InChI is InChI=1S/C12H11NO3S/c1-16-7-9-13-10(12(14)15)11(17-9)8-5-3-2-4-6-8/h2-6H,7H2,1H3,(H,14,15).